The van der Waals surface area contributed by atoms with Crippen LogP contribution in [0.25, 0.3) is 11.1 Å². The van der Waals surface area contributed by atoms with E-state index in [9.17, 15) is 0 Å². The molecule has 356 valence electrons. The van der Waals surface area contributed by atoms with Gasteiger partial charge in [-0.05, 0) is 39.8 Å². The average molecular weight is 870 g/mol. The van der Waals surface area contributed by atoms with E-state index >= 15 is 0 Å². The van der Waals surface area contributed by atoms with Crippen LogP contribution in [0.2, 0.25) is 0 Å². The van der Waals surface area contributed by atoms with Gasteiger partial charge in [-0.15, -0.1) is 0 Å². The third-order valence-corrected chi connectivity index (χ3v) is 7.63. The molecule has 0 unspecified atom stereocenters. The minimum atomic E-state index is 0. The Labute approximate surface area is 401 Å². The van der Waals surface area contributed by atoms with Gasteiger partial charge in [0.2, 0.25) is 0 Å². The van der Waals surface area contributed by atoms with Crippen molar-refractivity contribution in [3.8, 4) is 11.1 Å². The molecule has 0 amide bonds. The van der Waals surface area contributed by atoms with Crippen molar-refractivity contribution >= 4 is 0 Å². The van der Waals surface area contributed by atoms with E-state index in [1.807, 2.05) is 159 Å². The first-order chi connectivity index (χ1) is 30.6. The Bertz CT molecular complexity index is 1570. The Morgan fingerprint density at radius 3 is 0.594 bits per heavy atom. The summed E-state index contributed by atoms with van der Waals surface area (Å²) in [6, 6.07) is 75.1. The van der Waals surface area contributed by atoms with E-state index in [2.05, 4.69) is 184 Å². The van der Waals surface area contributed by atoms with E-state index in [0.717, 1.165) is 6.42 Å². The SMILES string of the molecule is C.C.CC.CC.CC.CC.CC.CC.CC.CC.CC(C)(c1ccccc1)c1ccccc1.c1ccc(-c2ccccc2)cc1.c1ccc(Cc2ccccc2)cc1.c1ccccc1. The van der Waals surface area contributed by atoms with Gasteiger partial charge in [0.05, 0.1) is 0 Å². The number of rotatable bonds is 5. The fourth-order valence-electron chi connectivity index (χ4n) is 4.95. The van der Waals surface area contributed by atoms with Crippen LogP contribution in [-0.2, 0) is 11.8 Å². The van der Waals surface area contributed by atoms with Crippen LogP contribution >= 0.6 is 0 Å². The number of hydrogen-bond acceptors (Lipinski definition) is 0. The molecule has 0 nitrogen and oxygen atoms in total. The van der Waals surface area contributed by atoms with Gasteiger partial charge in [-0.25, -0.2) is 0 Å². The highest BCUT2D eigenvalue weighted by Gasteiger charge is 2.21. The molecule has 0 saturated heterocycles. The van der Waals surface area contributed by atoms with Crippen molar-refractivity contribution < 1.29 is 0 Å². The van der Waals surface area contributed by atoms with Crippen molar-refractivity contribution in [2.75, 3.05) is 0 Å². The molecule has 64 heavy (non-hydrogen) atoms. The fraction of sp³-hybridized carbons (Fsp3) is 0.344. The van der Waals surface area contributed by atoms with Crippen LogP contribution in [-0.4, -0.2) is 0 Å². The van der Waals surface area contributed by atoms with E-state index in [1.165, 1.54) is 33.4 Å². The molecule has 0 fully saturated rings. The third kappa shape index (κ3) is 37.1. The van der Waals surface area contributed by atoms with E-state index in [4.69, 9.17) is 0 Å². The van der Waals surface area contributed by atoms with Crippen molar-refractivity contribution in [2.24, 2.45) is 0 Å². The minimum Gasteiger partial charge on any atom is -0.0776 e. The number of benzene rings is 7. The summed E-state index contributed by atoms with van der Waals surface area (Å²) >= 11 is 0. The summed E-state index contributed by atoms with van der Waals surface area (Å²) in [5.41, 5.74) is 8.09. The van der Waals surface area contributed by atoms with Crippen molar-refractivity contribution in [1.29, 1.82) is 0 Å². The molecule has 0 aliphatic heterocycles. The van der Waals surface area contributed by atoms with Gasteiger partial charge in [0, 0.05) is 5.41 Å². The van der Waals surface area contributed by atoms with E-state index in [1.54, 1.807) is 0 Å². The molecule has 0 bridgehead atoms. The lowest BCUT2D eigenvalue weighted by molar-refractivity contribution is 0.641. The fourth-order valence-corrected chi connectivity index (χ4v) is 4.95. The second kappa shape index (κ2) is 59.6. The molecule has 7 aromatic carbocycles. The molecule has 0 spiro atoms. The quantitative estimate of drug-likeness (QED) is 0.162. The summed E-state index contributed by atoms with van der Waals surface area (Å²) in [5, 5.41) is 0. The Morgan fingerprint density at radius 1 is 0.234 bits per heavy atom. The second-order valence-corrected chi connectivity index (χ2v) is 11.4. The van der Waals surface area contributed by atoms with Crippen LogP contribution in [0, 0.1) is 0 Å². The molecule has 0 atom stereocenters. The third-order valence-electron chi connectivity index (χ3n) is 7.63. The Hall–Kier alpha value is -5.46. The van der Waals surface area contributed by atoms with Crippen LogP contribution in [0.4, 0.5) is 0 Å². The van der Waals surface area contributed by atoms with Gasteiger partial charge in [0.15, 0.2) is 0 Å². The van der Waals surface area contributed by atoms with Gasteiger partial charge in [-0.3, -0.25) is 0 Å². The Kier molecular flexibility index (Phi) is 68.0. The monoisotopic (exact) mass is 869 g/mol. The molecule has 0 aliphatic carbocycles. The average Bonchev–Trinajstić information content (AvgIpc) is 3.41. The van der Waals surface area contributed by atoms with Crippen molar-refractivity contribution in [3.63, 3.8) is 0 Å². The van der Waals surface area contributed by atoms with E-state index in [-0.39, 0.29) is 20.3 Å². The maximum Gasteiger partial charge on any atom is 0.0146 e. The number of hydrogen-bond donors (Lipinski definition) is 0. The summed E-state index contributed by atoms with van der Waals surface area (Å²) in [4.78, 5) is 0. The van der Waals surface area contributed by atoms with Gasteiger partial charge in [0.1, 0.15) is 0 Å². The molecule has 0 N–H and O–H groups in total. The maximum absolute atomic E-state index is 2.26. The van der Waals surface area contributed by atoms with E-state index < -0.39 is 0 Å². The molecular formula is C64H100. The lowest BCUT2D eigenvalue weighted by atomic mass is 9.78. The predicted molar refractivity (Wildman–Crippen MR) is 303 cm³/mol. The molecular weight excluding hydrogens is 769 g/mol. The van der Waals surface area contributed by atoms with Gasteiger partial charge < -0.3 is 0 Å². The second-order valence-electron chi connectivity index (χ2n) is 11.4. The van der Waals surface area contributed by atoms with Crippen molar-refractivity contribution in [1.82, 2.24) is 0 Å². The smallest absolute Gasteiger partial charge is 0.0146 e. The topological polar surface area (TPSA) is 0 Å². The summed E-state index contributed by atoms with van der Waals surface area (Å²) < 4.78 is 0. The standard InChI is InChI=1S/C15H16.C13H12.C12H10.C6H6.8C2H6.2CH4/c1-15(2,13-9-5-3-6-10-13)14-11-7-4-8-12-14;1-3-7-12(8-4-1)11-13-9-5-2-6-10-13;1-3-7-11(8-4-1)12-9-5-2-6-10-12;1-2-4-6-5-3-1;8*1-2;;/h3-12H,1-2H3;1-10H,11H2;1-10H;1-6H;8*1-2H3;2*1H4. The van der Waals surface area contributed by atoms with Crippen LogP contribution in [0.15, 0.2) is 218 Å². The highest BCUT2D eigenvalue weighted by molar-refractivity contribution is 5.62. The molecule has 0 saturated carbocycles. The summed E-state index contributed by atoms with van der Waals surface area (Å²) in [6.45, 7) is 36.5. The Morgan fingerprint density at radius 2 is 0.391 bits per heavy atom. The first-order valence-electron chi connectivity index (χ1n) is 23.9. The zero-order valence-electron chi connectivity index (χ0n) is 43.0. The largest absolute Gasteiger partial charge is 0.0776 e. The zero-order valence-corrected chi connectivity index (χ0v) is 43.0. The maximum atomic E-state index is 2.26. The van der Waals surface area contributed by atoms with E-state index in [0.29, 0.717) is 0 Å². The minimum absolute atomic E-state index is 0. The molecule has 7 rings (SSSR count). The van der Waals surface area contributed by atoms with Gasteiger partial charge in [0.25, 0.3) is 0 Å². The molecule has 7 aromatic rings. The van der Waals surface area contributed by atoms with Gasteiger partial charge in [-0.2, -0.15) is 0 Å². The molecule has 0 aromatic heterocycles. The highest BCUT2D eigenvalue weighted by Crippen LogP contribution is 2.30. The molecule has 0 radical (unpaired) electrons. The van der Waals surface area contributed by atoms with Gasteiger partial charge >= 0.3 is 0 Å². The first-order valence-corrected chi connectivity index (χ1v) is 23.9. The zero-order chi connectivity index (χ0) is 48.1. The van der Waals surface area contributed by atoms with Crippen LogP contribution in [0.3, 0.4) is 0 Å². The van der Waals surface area contributed by atoms with Crippen LogP contribution in [0.5, 0.6) is 0 Å². The first kappa shape index (κ1) is 73.0. The highest BCUT2D eigenvalue weighted by atomic mass is 14.2. The van der Waals surface area contributed by atoms with Crippen LogP contribution in [0.1, 0.15) is 162 Å². The van der Waals surface area contributed by atoms with Crippen molar-refractivity contribution in [3.05, 3.63) is 241 Å². The van der Waals surface area contributed by atoms with Crippen LogP contribution < -0.4 is 0 Å². The summed E-state index contributed by atoms with van der Waals surface area (Å²) in [6.07, 6.45) is 1.03. The summed E-state index contributed by atoms with van der Waals surface area (Å²) in [5.74, 6) is 0. The molecule has 0 aliphatic rings. The predicted octanol–water partition coefficient (Wildman–Crippen LogP) is 21.8. The molecule has 0 heterocycles. The Balaban J connectivity index is -0.000000124. The lowest BCUT2D eigenvalue weighted by Crippen LogP contribution is -2.18. The van der Waals surface area contributed by atoms with Crippen molar-refractivity contribution in [2.45, 2.75) is 151 Å². The lowest BCUT2D eigenvalue weighted by Gasteiger charge is -2.25. The summed E-state index contributed by atoms with van der Waals surface area (Å²) in [7, 11) is 0. The normalized spacial score (nSPS) is 7.97. The van der Waals surface area contributed by atoms with Gasteiger partial charge in [-0.1, -0.05) is 358 Å². The molecule has 0 heteroatoms.